The number of hydrogen-bond donors (Lipinski definition) is 1. The van der Waals surface area contributed by atoms with Crippen molar-refractivity contribution >= 4 is 39.8 Å². The number of nitrogens with zero attached hydrogens (tertiary/aromatic N) is 6. The standard InChI is InChI=1S/C28H22Cl2N6O/c1-17(2)35-16-31-15-26(35)28(37,19-6-9-21(29)10-7-19)20-8-11-25-24(13-20)23(14-27-32-33-34-36(25)27)18-4-3-5-22(30)12-18/h3-17,37H,1-2H3. The summed E-state index contributed by atoms with van der Waals surface area (Å²) in [5.74, 6) is 0. The van der Waals surface area contributed by atoms with E-state index in [-0.39, 0.29) is 6.04 Å². The summed E-state index contributed by atoms with van der Waals surface area (Å²) in [7, 11) is 0. The second-order valence-corrected chi connectivity index (χ2v) is 10.1. The lowest BCUT2D eigenvalue weighted by Gasteiger charge is -2.32. The normalized spacial score (nSPS) is 13.5. The Hall–Kier alpha value is -3.78. The second kappa shape index (κ2) is 8.95. The zero-order valence-corrected chi connectivity index (χ0v) is 21.6. The third-order valence-electron chi connectivity index (χ3n) is 6.69. The van der Waals surface area contributed by atoms with Gasteiger partial charge in [0.1, 0.15) is 0 Å². The van der Waals surface area contributed by atoms with Crippen molar-refractivity contribution in [2.24, 2.45) is 0 Å². The number of imidazole rings is 1. The van der Waals surface area contributed by atoms with Gasteiger partial charge in [0.15, 0.2) is 11.2 Å². The summed E-state index contributed by atoms with van der Waals surface area (Å²) in [5, 5.41) is 26.9. The van der Waals surface area contributed by atoms with Crippen LogP contribution in [0.3, 0.4) is 0 Å². The minimum absolute atomic E-state index is 0.0830. The molecule has 0 saturated heterocycles. The number of tetrazole rings is 1. The third-order valence-corrected chi connectivity index (χ3v) is 7.18. The van der Waals surface area contributed by atoms with Gasteiger partial charge in [-0.3, -0.25) is 0 Å². The number of halogens is 2. The van der Waals surface area contributed by atoms with Gasteiger partial charge in [0.05, 0.1) is 23.7 Å². The molecule has 0 saturated carbocycles. The molecular formula is C28H22Cl2N6O. The molecule has 7 nitrogen and oxygen atoms in total. The molecular weight excluding hydrogens is 507 g/mol. The number of aromatic nitrogens is 6. The van der Waals surface area contributed by atoms with Crippen molar-refractivity contribution in [3.63, 3.8) is 0 Å². The third kappa shape index (κ3) is 3.87. The van der Waals surface area contributed by atoms with Gasteiger partial charge < -0.3 is 9.67 Å². The van der Waals surface area contributed by atoms with Crippen LogP contribution >= 0.6 is 23.2 Å². The first-order valence-electron chi connectivity index (χ1n) is 11.8. The Balaban J connectivity index is 1.68. The topological polar surface area (TPSA) is 81.1 Å². The Morgan fingerprint density at radius 3 is 2.43 bits per heavy atom. The molecule has 6 aromatic rings. The molecule has 37 heavy (non-hydrogen) atoms. The molecule has 0 spiro atoms. The van der Waals surface area contributed by atoms with Crippen LogP contribution in [0.1, 0.15) is 36.7 Å². The summed E-state index contributed by atoms with van der Waals surface area (Å²) in [6.45, 7) is 4.11. The molecule has 184 valence electrons. The first-order chi connectivity index (χ1) is 17.9. The van der Waals surface area contributed by atoms with E-state index in [4.69, 9.17) is 23.2 Å². The Morgan fingerprint density at radius 2 is 1.68 bits per heavy atom. The largest absolute Gasteiger partial charge is 0.374 e. The summed E-state index contributed by atoms with van der Waals surface area (Å²) < 4.78 is 3.66. The van der Waals surface area contributed by atoms with Gasteiger partial charge in [0.2, 0.25) is 0 Å². The van der Waals surface area contributed by atoms with Gasteiger partial charge in [-0.2, -0.15) is 4.52 Å². The molecule has 9 heteroatoms. The fraction of sp³-hybridized carbons (Fsp3) is 0.143. The summed E-state index contributed by atoms with van der Waals surface area (Å²) in [6.07, 6.45) is 3.45. The molecule has 0 aliphatic heterocycles. The predicted octanol–water partition coefficient (Wildman–Crippen LogP) is 6.31. The zero-order chi connectivity index (χ0) is 25.7. The van der Waals surface area contributed by atoms with Crippen LogP contribution in [0.15, 0.2) is 85.3 Å². The van der Waals surface area contributed by atoms with Gasteiger partial charge in [-0.15, -0.1) is 5.10 Å². The molecule has 0 bridgehead atoms. The van der Waals surface area contributed by atoms with Crippen LogP contribution in [0, 0.1) is 0 Å². The van der Waals surface area contributed by atoms with E-state index in [0.29, 0.717) is 32.5 Å². The van der Waals surface area contributed by atoms with E-state index in [1.54, 1.807) is 29.2 Å². The minimum Gasteiger partial charge on any atom is -0.374 e. The summed E-state index contributed by atoms with van der Waals surface area (Å²) in [4.78, 5) is 4.38. The maximum Gasteiger partial charge on any atom is 0.180 e. The van der Waals surface area contributed by atoms with Gasteiger partial charge in [0.25, 0.3) is 0 Å². The maximum absolute atomic E-state index is 12.6. The number of benzene rings is 3. The fourth-order valence-electron chi connectivity index (χ4n) is 4.87. The first kappa shape index (κ1) is 23.6. The van der Waals surface area contributed by atoms with Crippen LogP contribution in [0.4, 0.5) is 0 Å². The molecule has 0 fully saturated rings. The molecule has 1 N–H and O–H groups in total. The number of fused-ring (bicyclic) bond motifs is 3. The molecule has 6 rings (SSSR count). The highest BCUT2D eigenvalue weighted by Gasteiger charge is 2.38. The summed E-state index contributed by atoms with van der Waals surface area (Å²) >= 11 is 12.6. The molecule has 3 heterocycles. The molecule has 3 aromatic heterocycles. The fourth-order valence-corrected chi connectivity index (χ4v) is 5.18. The lowest BCUT2D eigenvalue weighted by Crippen LogP contribution is -2.32. The Labute approximate surface area is 222 Å². The van der Waals surface area contributed by atoms with E-state index in [2.05, 4.69) is 34.4 Å². The van der Waals surface area contributed by atoms with Gasteiger partial charge in [0, 0.05) is 21.5 Å². The summed E-state index contributed by atoms with van der Waals surface area (Å²) in [6, 6.07) is 22.7. The zero-order valence-electron chi connectivity index (χ0n) is 20.0. The number of pyridine rings is 1. The smallest absolute Gasteiger partial charge is 0.180 e. The van der Waals surface area contributed by atoms with Crippen molar-refractivity contribution in [2.45, 2.75) is 25.5 Å². The van der Waals surface area contributed by atoms with E-state index in [1.165, 1.54) is 0 Å². The van der Waals surface area contributed by atoms with E-state index in [0.717, 1.165) is 22.0 Å². The van der Waals surface area contributed by atoms with Gasteiger partial charge in [-0.05, 0) is 89.0 Å². The Kier molecular flexibility index (Phi) is 5.71. The van der Waals surface area contributed by atoms with Crippen LogP contribution in [0.25, 0.3) is 27.7 Å². The van der Waals surface area contributed by atoms with E-state index >= 15 is 0 Å². The van der Waals surface area contributed by atoms with Crippen LogP contribution < -0.4 is 0 Å². The Bertz CT molecular complexity index is 1760. The molecule has 0 aliphatic carbocycles. The lowest BCUT2D eigenvalue weighted by molar-refractivity contribution is 0.115. The number of aliphatic hydroxyl groups is 1. The van der Waals surface area contributed by atoms with Crippen molar-refractivity contribution in [1.29, 1.82) is 0 Å². The van der Waals surface area contributed by atoms with Gasteiger partial charge in [-0.25, -0.2) is 4.98 Å². The molecule has 0 amide bonds. The molecule has 0 radical (unpaired) electrons. The Morgan fingerprint density at radius 1 is 0.892 bits per heavy atom. The first-order valence-corrected chi connectivity index (χ1v) is 12.5. The highest BCUT2D eigenvalue weighted by molar-refractivity contribution is 6.31. The van der Waals surface area contributed by atoms with Crippen molar-refractivity contribution in [3.05, 3.63) is 112 Å². The number of rotatable bonds is 5. The maximum atomic E-state index is 12.6. The number of hydrogen-bond acceptors (Lipinski definition) is 5. The van der Waals surface area contributed by atoms with Gasteiger partial charge >= 0.3 is 0 Å². The van der Waals surface area contributed by atoms with Crippen LogP contribution in [0.5, 0.6) is 0 Å². The second-order valence-electron chi connectivity index (χ2n) is 9.25. The van der Waals surface area contributed by atoms with Crippen LogP contribution in [-0.2, 0) is 5.60 Å². The summed E-state index contributed by atoms with van der Waals surface area (Å²) in [5.41, 5.74) is 3.71. The van der Waals surface area contributed by atoms with E-state index in [9.17, 15) is 5.11 Å². The lowest BCUT2D eigenvalue weighted by atomic mass is 9.82. The molecule has 0 aliphatic rings. The van der Waals surface area contributed by atoms with Crippen molar-refractivity contribution in [1.82, 2.24) is 29.6 Å². The minimum atomic E-state index is -1.51. The molecule has 3 aromatic carbocycles. The quantitative estimate of drug-likeness (QED) is 0.283. The molecule has 1 unspecified atom stereocenters. The highest BCUT2D eigenvalue weighted by Crippen LogP contribution is 2.41. The monoisotopic (exact) mass is 528 g/mol. The molecule has 1 atom stereocenters. The van der Waals surface area contributed by atoms with Crippen molar-refractivity contribution in [3.8, 4) is 11.1 Å². The van der Waals surface area contributed by atoms with Crippen LogP contribution in [-0.4, -0.2) is 34.7 Å². The average Bonchev–Trinajstić information content (AvgIpc) is 3.58. The van der Waals surface area contributed by atoms with E-state index < -0.39 is 5.60 Å². The van der Waals surface area contributed by atoms with Crippen molar-refractivity contribution < 1.29 is 5.11 Å². The average molecular weight is 529 g/mol. The SMILES string of the molecule is CC(C)n1cncc1C(O)(c1ccc(Cl)cc1)c1ccc2c(c1)c(-c1cccc(Cl)c1)cc1nnnn12. The highest BCUT2D eigenvalue weighted by atomic mass is 35.5. The van der Waals surface area contributed by atoms with Crippen molar-refractivity contribution in [2.75, 3.05) is 0 Å². The predicted molar refractivity (Wildman–Crippen MR) is 145 cm³/mol. The van der Waals surface area contributed by atoms with Crippen LogP contribution in [0.2, 0.25) is 10.0 Å². The van der Waals surface area contributed by atoms with E-state index in [1.807, 2.05) is 65.2 Å². The van der Waals surface area contributed by atoms with Gasteiger partial charge in [-0.1, -0.05) is 53.5 Å².